The summed E-state index contributed by atoms with van der Waals surface area (Å²) >= 11 is 0. The van der Waals surface area contributed by atoms with E-state index in [9.17, 15) is 19.2 Å². The van der Waals surface area contributed by atoms with Gasteiger partial charge < -0.3 is 15.8 Å². The lowest BCUT2D eigenvalue weighted by atomic mass is 9.81. The van der Waals surface area contributed by atoms with Gasteiger partial charge in [-0.1, -0.05) is 24.3 Å². The maximum Gasteiger partial charge on any atom is 0.408 e. The summed E-state index contributed by atoms with van der Waals surface area (Å²) in [7, 11) is 0. The molecule has 1 aliphatic rings. The van der Waals surface area contributed by atoms with Crippen LogP contribution >= 0.6 is 0 Å². The smallest absolute Gasteiger partial charge is 0.408 e. The number of Topliss-reactive ketones (excluding diaryl/α,β-unsaturated/α-hetero) is 3. The van der Waals surface area contributed by atoms with Crippen LogP contribution in [0, 0.1) is 0 Å². The zero-order chi connectivity index (χ0) is 19.6. The number of carbonyl (C=O) groups is 4. The van der Waals surface area contributed by atoms with E-state index in [1.54, 1.807) is 39.0 Å². The Bertz CT molecular complexity index is 817. The number of carbonyl (C=O) groups excluding carboxylic acids is 4. The third-order valence-corrected chi connectivity index (χ3v) is 3.87. The monoisotopic (exact) mass is 358 g/mol. The van der Waals surface area contributed by atoms with Crippen LogP contribution in [0.2, 0.25) is 0 Å². The van der Waals surface area contributed by atoms with Crippen LogP contribution in [-0.2, 0) is 9.53 Å². The van der Waals surface area contributed by atoms with Crippen LogP contribution < -0.4 is 11.1 Å². The van der Waals surface area contributed by atoms with Crippen LogP contribution in [0.1, 0.15) is 48.4 Å². The largest absolute Gasteiger partial charge is 0.444 e. The molecule has 26 heavy (non-hydrogen) atoms. The number of ketones is 3. The average molecular weight is 358 g/mol. The maximum absolute atomic E-state index is 12.7. The van der Waals surface area contributed by atoms with E-state index in [1.165, 1.54) is 13.0 Å². The number of nitrogens with one attached hydrogen (secondary N) is 1. The maximum atomic E-state index is 12.7. The minimum absolute atomic E-state index is 0.0373. The zero-order valence-corrected chi connectivity index (χ0v) is 15.2. The molecule has 1 unspecified atom stereocenters. The van der Waals surface area contributed by atoms with Crippen molar-refractivity contribution in [3.63, 3.8) is 0 Å². The van der Waals surface area contributed by atoms with Crippen molar-refractivity contribution in [2.45, 2.75) is 39.3 Å². The Hall–Kier alpha value is -2.80. The van der Waals surface area contributed by atoms with Crippen LogP contribution in [0.3, 0.4) is 0 Å². The first kappa shape index (κ1) is 19.5. The SMILES string of the molecule is CC1=C(C(N)C(=O)CNC(=O)OC(C)(C)C)C(=O)c2ccccc2C1=O. The van der Waals surface area contributed by atoms with E-state index in [2.05, 4.69) is 5.32 Å². The molecular weight excluding hydrogens is 336 g/mol. The summed E-state index contributed by atoms with van der Waals surface area (Å²) in [5, 5.41) is 2.31. The molecule has 0 fully saturated rings. The third kappa shape index (κ3) is 4.05. The first-order chi connectivity index (χ1) is 12.0. The first-order valence-electron chi connectivity index (χ1n) is 8.17. The highest BCUT2D eigenvalue weighted by molar-refractivity contribution is 6.28. The van der Waals surface area contributed by atoms with Gasteiger partial charge in [0.2, 0.25) is 0 Å². The molecule has 1 aliphatic carbocycles. The molecule has 0 saturated heterocycles. The van der Waals surface area contributed by atoms with Crippen molar-refractivity contribution in [3.05, 3.63) is 46.5 Å². The second kappa shape index (κ2) is 7.21. The highest BCUT2D eigenvalue weighted by atomic mass is 16.6. The molecule has 1 atom stereocenters. The summed E-state index contributed by atoms with van der Waals surface area (Å²) in [6.45, 7) is 6.14. The van der Waals surface area contributed by atoms with E-state index in [-0.39, 0.29) is 22.5 Å². The van der Waals surface area contributed by atoms with E-state index >= 15 is 0 Å². The Morgan fingerprint density at radius 3 is 2.19 bits per heavy atom. The normalized spacial score (nSPS) is 15.4. The second-order valence-corrected chi connectivity index (χ2v) is 7.04. The van der Waals surface area contributed by atoms with E-state index < -0.39 is 35.8 Å². The lowest BCUT2D eigenvalue weighted by Crippen LogP contribution is -2.45. The van der Waals surface area contributed by atoms with Gasteiger partial charge in [0.05, 0.1) is 12.6 Å². The molecule has 1 aromatic carbocycles. The van der Waals surface area contributed by atoms with Gasteiger partial charge in [0.25, 0.3) is 0 Å². The lowest BCUT2D eigenvalue weighted by Gasteiger charge is -2.23. The van der Waals surface area contributed by atoms with Gasteiger partial charge in [-0.3, -0.25) is 14.4 Å². The summed E-state index contributed by atoms with van der Waals surface area (Å²) in [4.78, 5) is 49.1. The fourth-order valence-corrected chi connectivity index (χ4v) is 2.64. The summed E-state index contributed by atoms with van der Waals surface area (Å²) < 4.78 is 5.04. The minimum atomic E-state index is -1.31. The zero-order valence-electron chi connectivity index (χ0n) is 15.2. The first-order valence-corrected chi connectivity index (χ1v) is 8.17. The molecule has 138 valence electrons. The van der Waals surface area contributed by atoms with Crippen molar-refractivity contribution in [1.29, 1.82) is 0 Å². The molecule has 0 spiro atoms. The molecule has 1 aromatic rings. The van der Waals surface area contributed by atoms with Gasteiger partial charge in [0.15, 0.2) is 17.3 Å². The minimum Gasteiger partial charge on any atom is -0.444 e. The average Bonchev–Trinajstić information content (AvgIpc) is 2.56. The Morgan fingerprint density at radius 1 is 1.12 bits per heavy atom. The Kier molecular flexibility index (Phi) is 5.41. The van der Waals surface area contributed by atoms with Crippen LogP contribution in [0.15, 0.2) is 35.4 Å². The summed E-state index contributed by atoms with van der Waals surface area (Å²) in [5.74, 6) is -1.37. The van der Waals surface area contributed by atoms with Crippen LogP contribution in [-0.4, -0.2) is 41.6 Å². The standard InChI is InChI=1S/C19H22N2O5/c1-10-14(17(24)12-8-6-5-7-11(12)16(10)23)15(20)13(22)9-21-18(25)26-19(2,3)4/h5-8,15H,9,20H2,1-4H3,(H,21,25). The van der Waals surface area contributed by atoms with E-state index in [0.29, 0.717) is 5.56 Å². The highest BCUT2D eigenvalue weighted by Gasteiger charge is 2.35. The number of alkyl carbamates (subject to hydrolysis) is 1. The number of benzene rings is 1. The van der Waals surface area contributed by atoms with E-state index in [1.807, 2.05) is 0 Å². The predicted molar refractivity (Wildman–Crippen MR) is 95.0 cm³/mol. The fourth-order valence-electron chi connectivity index (χ4n) is 2.64. The molecule has 7 heteroatoms. The molecular formula is C19H22N2O5. The number of ether oxygens (including phenoxy) is 1. The molecule has 0 bridgehead atoms. The molecule has 0 aromatic heterocycles. The van der Waals surface area contributed by atoms with Crippen molar-refractivity contribution in [2.75, 3.05) is 6.54 Å². The van der Waals surface area contributed by atoms with Crippen molar-refractivity contribution in [3.8, 4) is 0 Å². The number of hydrogen-bond donors (Lipinski definition) is 2. The number of amides is 1. The van der Waals surface area contributed by atoms with Gasteiger partial charge in [0, 0.05) is 22.3 Å². The molecule has 0 aliphatic heterocycles. The Morgan fingerprint density at radius 2 is 1.65 bits per heavy atom. The summed E-state index contributed by atoms with van der Waals surface area (Å²) in [6.07, 6.45) is -0.764. The summed E-state index contributed by atoms with van der Waals surface area (Å²) in [6, 6.07) is 5.08. The number of fused-ring (bicyclic) bond motifs is 1. The third-order valence-electron chi connectivity index (χ3n) is 3.87. The predicted octanol–water partition coefficient (Wildman–Crippen LogP) is 1.80. The van der Waals surface area contributed by atoms with Crippen molar-refractivity contribution in [2.24, 2.45) is 5.73 Å². The molecule has 7 nitrogen and oxygen atoms in total. The van der Waals surface area contributed by atoms with Gasteiger partial charge in [0.1, 0.15) is 5.60 Å². The molecule has 0 saturated carbocycles. The molecule has 3 N–H and O–H groups in total. The molecule has 1 amide bonds. The Balaban J connectivity index is 2.16. The van der Waals surface area contributed by atoms with Crippen LogP contribution in [0.25, 0.3) is 0 Å². The number of hydrogen-bond acceptors (Lipinski definition) is 6. The van der Waals surface area contributed by atoms with Crippen molar-refractivity contribution < 1.29 is 23.9 Å². The molecule has 0 heterocycles. The lowest BCUT2D eigenvalue weighted by molar-refractivity contribution is -0.118. The van der Waals surface area contributed by atoms with E-state index in [0.717, 1.165) is 0 Å². The molecule has 2 rings (SSSR count). The van der Waals surface area contributed by atoms with Gasteiger partial charge in [-0.15, -0.1) is 0 Å². The van der Waals surface area contributed by atoms with Gasteiger partial charge >= 0.3 is 6.09 Å². The van der Waals surface area contributed by atoms with Crippen LogP contribution in [0.5, 0.6) is 0 Å². The Labute approximate surface area is 151 Å². The number of rotatable bonds is 4. The van der Waals surface area contributed by atoms with Crippen molar-refractivity contribution >= 4 is 23.4 Å². The number of nitrogens with two attached hydrogens (primary N) is 1. The van der Waals surface area contributed by atoms with Crippen LogP contribution in [0.4, 0.5) is 4.79 Å². The quantitative estimate of drug-likeness (QED) is 0.848. The molecule has 0 radical (unpaired) electrons. The summed E-state index contributed by atoms with van der Waals surface area (Å²) in [5.41, 5.74) is 5.86. The topological polar surface area (TPSA) is 116 Å². The van der Waals surface area contributed by atoms with Crippen molar-refractivity contribution in [1.82, 2.24) is 5.32 Å². The second-order valence-electron chi connectivity index (χ2n) is 7.04. The van der Waals surface area contributed by atoms with E-state index in [4.69, 9.17) is 10.5 Å². The van der Waals surface area contributed by atoms with Gasteiger partial charge in [-0.25, -0.2) is 4.79 Å². The van der Waals surface area contributed by atoms with Gasteiger partial charge in [-0.2, -0.15) is 0 Å². The highest BCUT2D eigenvalue weighted by Crippen LogP contribution is 2.27. The number of allylic oxidation sites excluding steroid dienone is 1. The van der Waals surface area contributed by atoms with Gasteiger partial charge in [-0.05, 0) is 27.7 Å². The fraction of sp³-hybridized carbons (Fsp3) is 0.368.